The minimum absolute atomic E-state index is 0.0862. The van der Waals surface area contributed by atoms with Gasteiger partial charge < -0.3 is 14.4 Å². The number of H-pyrrole nitrogens is 1. The van der Waals surface area contributed by atoms with Gasteiger partial charge in [0.2, 0.25) is 5.89 Å². The lowest BCUT2D eigenvalue weighted by molar-refractivity contribution is 0.0723. The Morgan fingerprint density at radius 3 is 3.11 bits per heavy atom. The van der Waals surface area contributed by atoms with Crippen LogP contribution in [0.2, 0.25) is 5.02 Å². The van der Waals surface area contributed by atoms with Gasteiger partial charge in [0.25, 0.3) is 5.91 Å². The average Bonchev–Trinajstić information content (AvgIpc) is 3.07. The van der Waals surface area contributed by atoms with Crippen LogP contribution in [0.25, 0.3) is 0 Å². The predicted molar refractivity (Wildman–Crippen MR) is 67.8 cm³/mol. The highest BCUT2D eigenvalue weighted by Crippen LogP contribution is 2.31. The number of hydrogen-bond acceptors (Lipinski definition) is 4. The molecule has 100 valence electrons. The number of rotatable bonds is 2. The molecular weight excluding hydrogens is 268 g/mol. The number of likely N-dealkylation sites (tertiary alicyclic amines) is 1. The summed E-state index contributed by atoms with van der Waals surface area (Å²) in [4.78, 5) is 21.2. The van der Waals surface area contributed by atoms with E-state index >= 15 is 0 Å². The minimum Gasteiger partial charge on any atom is -0.356 e. The Bertz CT molecular complexity index is 606. The van der Waals surface area contributed by atoms with Crippen molar-refractivity contribution in [3.05, 3.63) is 34.7 Å². The highest BCUT2D eigenvalue weighted by atomic mass is 35.5. The maximum absolute atomic E-state index is 12.4. The third-order valence-electron chi connectivity index (χ3n) is 3.23. The molecule has 1 amide bonds. The molecule has 0 aliphatic carbocycles. The van der Waals surface area contributed by atoms with E-state index in [1.165, 1.54) is 0 Å². The highest BCUT2D eigenvalue weighted by molar-refractivity contribution is 6.30. The zero-order chi connectivity index (χ0) is 13.4. The SMILES string of the molecule is Cc1nc([C@@H]2CCCN2C(=O)c2cc(Cl)c[nH]2)no1. The standard InChI is InChI=1S/C12H13ClN4O2/c1-7-15-11(16-19-7)10-3-2-4-17(10)12(18)9-5-8(13)6-14-9/h5-6,10,14H,2-4H2,1H3/t10-/m0/s1. The lowest BCUT2D eigenvalue weighted by atomic mass is 10.2. The molecular formula is C12H13ClN4O2. The summed E-state index contributed by atoms with van der Waals surface area (Å²) in [6.45, 7) is 2.43. The largest absolute Gasteiger partial charge is 0.356 e. The Kier molecular flexibility index (Phi) is 3.02. The summed E-state index contributed by atoms with van der Waals surface area (Å²) in [6.07, 6.45) is 3.37. The summed E-state index contributed by atoms with van der Waals surface area (Å²) >= 11 is 5.83. The van der Waals surface area contributed by atoms with Crippen LogP contribution in [0, 0.1) is 6.92 Å². The van der Waals surface area contributed by atoms with E-state index in [0.29, 0.717) is 29.0 Å². The van der Waals surface area contributed by atoms with Crippen molar-refractivity contribution in [1.29, 1.82) is 0 Å². The van der Waals surface area contributed by atoms with Crippen molar-refractivity contribution in [1.82, 2.24) is 20.0 Å². The van der Waals surface area contributed by atoms with Crippen LogP contribution in [-0.2, 0) is 0 Å². The molecule has 1 saturated heterocycles. The van der Waals surface area contributed by atoms with E-state index in [1.807, 2.05) is 0 Å². The summed E-state index contributed by atoms with van der Waals surface area (Å²) in [5.41, 5.74) is 0.483. The number of aromatic nitrogens is 3. The van der Waals surface area contributed by atoms with Crippen molar-refractivity contribution in [2.75, 3.05) is 6.54 Å². The Balaban J connectivity index is 1.85. The summed E-state index contributed by atoms with van der Waals surface area (Å²) < 4.78 is 4.99. The normalized spacial score (nSPS) is 19.1. The Labute approximate surface area is 114 Å². The van der Waals surface area contributed by atoms with Crippen molar-refractivity contribution in [2.24, 2.45) is 0 Å². The van der Waals surface area contributed by atoms with Gasteiger partial charge in [0.1, 0.15) is 5.69 Å². The van der Waals surface area contributed by atoms with Gasteiger partial charge in [-0.3, -0.25) is 4.79 Å². The highest BCUT2D eigenvalue weighted by Gasteiger charge is 2.34. The first-order valence-electron chi connectivity index (χ1n) is 6.10. The molecule has 19 heavy (non-hydrogen) atoms. The zero-order valence-corrected chi connectivity index (χ0v) is 11.1. The van der Waals surface area contributed by atoms with Crippen LogP contribution in [0.15, 0.2) is 16.8 Å². The summed E-state index contributed by atoms with van der Waals surface area (Å²) in [6, 6.07) is 1.51. The lowest BCUT2D eigenvalue weighted by Crippen LogP contribution is -2.31. The molecule has 0 aromatic carbocycles. The van der Waals surface area contributed by atoms with Crippen molar-refractivity contribution >= 4 is 17.5 Å². The number of amides is 1. The van der Waals surface area contributed by atoms with Gasteiger partial charge in [0, 0.05) is 19.7 Å². The van der Waals surface area contributed by atoms with Gasteiger partial charge in [-0.15, -0.1) is 0 Å². The summed E-state index contributed by atoms with van der Waals surface area (Å²) in [5, 5.41) is 4.44. The molecule has 1 aliphatic rings. The first-order valence-corrected chi connectivity index (χ1v) is 6.48. The van der Waals surface area contributed by atoms with Gasteiger partial charge in [-0.2, -0.15) is 4.98 Å². The topological polar surface area (TPSA) is 75.0 Å². The van der Waals surface area contributed by atoms with Crippen LogP contribution < -0.4 is 0 Å². The third-order valence-corrected chi connectivity index (χ3v) is 3.45. The molecule has 1 atom stereocenters. The van der Waals surface area contributed by atoms with Crippen LogP contribution in [-0.4, -0.2) is 32.5 Å². The van der Waals surface area contributed by atoms with Crippen molar-refractivity contribution in [3.8, 4) is 0 Å². The molecule has 2 aromatic heterocycles. The van der Waals surface area contributed by atoms with Gasteiger partial charge >= 0.3 is 0 Å². The van der Waals surface area contributed by atoms with Crippen LogP contribution in [0.1, 0.15) is 41.1 Å². The number of carbonyl (C=O) groups excluding carboxylic acids is 1. The number of aromatic amines is 1. The van der Waals surface area contributed by atoms with E-state index in [4.69, 9.17) is 16.1 Å². The fourth-order valence-electron chi connectivity index (χ4n) is 2.37. The van der Waals surface area contributed by atoms with Gasteiger partial charge in [-0.25, -0.2) is 0 Å². The molecule has 2 aromatic rings. The van der Waals surface area contributed by atoms with E-state index in [0.717, 1.165) is 12.8 Å². The number of aryl methyl sites for hydroxylation is 1. The summed E-state index contributed by atoms with van der Waals surface area (Å²) in [5.74, 6) is 0.995. The van der Waals surface area contributed by atoms with Crippen molar-refractivity contribution in [3.63, 3.8) is 0 Å². The molecule has 1 aliphatic heterocycles. The first kappa shape index (κ1) is 12.2. The number of carbonyl (C=O) groups is 1. The quantitative estimate of drug-likeness (QED) is 0.916. The van der Waals surface area contributed by atoms with E-state index in [9.17, 15) is 4.79 Å². The number of nitrogens with zero attached hydrogens (tertiary/aromatic N) is 3. The molecule has 0 spiro atoms. The summed E-state index contributed by atoms with van der Waals surface area (Å²) in [7, 11) is 0. The number of halogens is 1. The van der Waals surface area contributed by atoms with Crippen LogP contribution in [0.5, 0.6) is 0 Å². The third kappa shape index (κ3) is 2.23. The monoisotopic (exact) mass is 280 g/mol. The second-order valence-electron chi connectivity index (χ2n) is 4.56. The van der Waals surface area contributed by atoms with E-state index in [1.54, 1.807) is 24.1 Å². The Hall–Kier alpha value is -1.82. The maximum atomic E-state index is 12.4. The molecule has 0 unspecified atom stereocenters. The molecule has 7 heteroatoms. The Morgan fingerprint density at radius 2 is 2.47 bits per heavy atom. The van der Waals surface area contributed by atoms with Crippen LogP contribution >= 0.6 is 11.6 Å². The molecule has 0 saturated carbocycles. The second-order valence-corrected chi connectivity index (χ2v) is 5.00. The minimum atomic E-state index is -0.118. The first-order chi connectivity index (χ1) is 9.15. The molecule has 0 radical (unpaired) electrons. The van der Waals surface area contributed by atoms with Crippen molar-refractivity contribution < 1.29 is 9.32 Å². The van der Waals surface area contributed by atoms with Crippen molar-refractivity contribution in [2.45, 2.75) is 25.8 Å². The predicted octanol–water partition coefficient (Wildman–Crippen LogP) is 2.34. The molecule has 3 heterocycles. The van der Waals surface area contributed by atoms with Gasteiger partial charge in [0.05, 0.1) is 11.1 Å². The fraction of sp³-hybridized carbons (Fsp3) is 0.417. The number of nitrogens with one attached hydrogen (secondary N) is 1. The molecule has 0 bridgehead atoms. The van der Waals surface area contributed by atoms with Gasteiger partial charge in [-0.1, -0.05) is 16.8 Å². The van der Waals surface area contributed by atoms with Crippen LogP contribution in [0.3, 0.4) is 0 Å². The lowest BCUT2D eigenvalue weighted by Gasteiger charge is -2.21. The van der Waals surface area contributed by atoms with E-state index in [-0.39, 0.29) is 11.9 Å². The molecule has 1 N–H and O–H groups in total. The van der Waals surface area contributed by atoms with E-state index < -0.39 is 0 Å². The van der Waals surface area contributed by atoms with Gasteiger partial charge in [-0.05, 0) is 18.9 Å². The Morgan fingerprint density at radius 1 is 1.63 bits per heavy atom. The second kappa shape index (κ2) is 4.70. The molecule has 6 nitrogen and oxygen atoms in total. The smallest absolute Gasteiger partial charge is 0.270 e. The maximum Gasteiger partial charge on any atom is 0.270 e. The zero-order valence-electron chi connectivity index (χ0n) is 10.4. The van der Waals surface area contributed by atoms with Crippen LogP contribution in [0.4, 0.5) is 0 Å². The molecule has 1 fully saturated rings. The fourth-order valence-corrected chi connectivity index (χ4v) is 2.54. The molecule has 3 rings (SSSR count). The van der Waals surface area contributed by atoms with Gasteiger partial charge in [0.15, 0.2) is 5.82 Å². The average molecular weight is 281 g/mol. The number of hydrogen-bond donors (Lipinski definition) is 1. The van der Waals surface area contributed by atoms with E-state index in [2.05, 4.69) is 15.1 Å².